The first kappa shape index (κ1) is 14.6. The highest BCUT2D eigenvalue weighted by molar-refractivity contribution is 5.92. The molecule has 2 N–H and O–H groups in total. The van der Waals surface area contributed by atoms with Crippen LogP contribution in [0.3, 0.4) is 0 Å². The number of hydrogen-bond donors (Lipinski definition) is 2. The third-order valence-electron chi connectivity index (χ3n) is 2.41. The predicted octanol–water partition coefficient (Wildman–Crippen LogP) is 1.48. The van der Waals surface area contributed by atoms with Crippen molar-refractivity contribution < 1.29 is 13.6 Å². The molecule has 0 radical (unpaired) electrons. The topological polar surface area (TPSA) is 46.1 Å². The van der Waals surface area contributed by atoms with E-state index in [0.29, 0.717) is 13.1 Å². The third kappa shape index (κ3) is 4.83. The SMILES string of the molecule is CCCNCCNC(=O)c1cccn1CC(F)F. The Kier molecular flexibility index (Phi) is 6.35. The fraction of sp³-hybridized carbons (Fsp3) is 0.583. The predicted molar refractivity (Wildman–Crippen MR) is 65.9 cm³/mol. The van der Waals surface area contributed by atoms with Crippen LogP contribution in [0.2, 0.25) is 0 Å². The Labute approximate surface area is 105 Å². The molecule has 18 heavy (non-hydrogen) atoms. The van der Waals surface area contributed by atoms with Crippen molar-refractivity contribution in [3.8, 4) is 0 Å². The van der Waals surface area contributed by atoms with Gasteiger partial charge in [-0.3, -0.25) is 4.79 Å². The van der Waals surface area contributed by atoms with Gasteiger partial charge in [-0.1, -0.05) is 6.92 Å². The van der Waals surface area contributed by atoms with Crippen LogP contribution in [-0.2, 0) is 6.54 Å². The smallest absolute Gasteiger partial charge is 0.267 e. The van der Waals surface area contributed by atoms with E-state index in [1.807, 2.05) is 0 Å². The first-order chi connectivity index (χ1) is 8.65. The number of nitrogens with one attached hydrogen (secondary N) is 2. The van der Waals surface area contributed by atoms with Gasteiger partial charge in [-0.25, -0.2) is 8.78 Å². The second-order valence-electron chi connectivity index (χ2n) is 3.94. The van der Waals surface area contributed by atoms with Crippen LogP contribution in [0, 0.1) is 0 Å². The lowest BCUT2D eigenvalue weighted by Crippen LogP contribution is -2.33. The number of carbonyl (C=O) groups excluding carboxylic acids is 1. The molecule has 0 saturated carbocycles. The monoisotopic (exact) mass is 259 g/mol. The van der Waals surface area contributed by atoms with Crippen molar-refractivity contribution in [2.45, 2.75) is 26.3 Å². The molecule has 102 valence electrons. The molecule has 6 heteroatoms. The molecule has 0 aromatic carbocycles. The molecule has 0 unspecified atom stereocenters. The van der Waals surface area contributed by atoms with Gasteiger partial charge in [0.15, 0.2) is 0 Å². The molecule has 1 heterocycles. The van der Waals surface area contributed by atoms with Crippen molar-refractivity contribution in [1.29, 1.82) is 0 Å². The lowest BCUT2D eigenvalue weighted by Gasteiger charge is -2.09. The molecular formula is C12H19F2N3O. The van der Waals surface area contributed by atoms with Crippen LogP contribution in [0.5, 0.6) is 0 Å². The maximum Gasteiger partial charge on any atom is 0.267 e. The number of rotatable bonds is 8. The quantitative estimate of drug-likeness (QED) is 0.695. The van der Waals surface area contributed by atoms with Gasteiger partial charge < -0.3 is 15.2 Å². The molecule has 4 nitrogen and oxygen atoms in total. The average molecular weight is 259 g/mol. The Morgan fingerprint density at radius 3 is 2.83 bits per heavy atom. The van der Waals surface area contributed by atoms with Gasteiger partial charge in [-0.05, 0) is 25.1 Å². The largest absolute Gasteiger partial charge is 0.349 e. The molecule has 1 aromatic rings. The molecule has 1 amide bonds. The number of alkyl halides is 2. The van der Waals surface area contributed by atoms with E-state index in [0.717, 1.165) is 13.0 Å². The lowest BCUT2D eigenvalue weighted by molar-refractivity contribution is 0.0931. The Balaban J connectivity index is 2.39. The second-order valence-corrected chi connectivity index (χ2v) is 3.94. The molecular weight excluding hydrogens is 240 g/mol. The number of nitrogens with zero attached hydrogens (tertiary/aromatic N) is 1. The van der Waals surface area contributed by atoms with E-state index in [9.17, 15) is 13.6 Å². The van der Waals surface area contributed by atoms with E-state index in [-0.39, 0.29) is 11.6 Å². The normalized spacial score (nSPS) is 10.9. The number of halogens is 2. The van der Waals surface area contributed by atoms with E-state index >= 15 is 0 Å². The fourth-order valence-corrected chi connectivity index (χ4v) is 1.58. The summed E-state index contributed by atoms with van der Waals surface area (Å²) in [5, 5.41) is 5.83. The van der Waals surface area contributed by atoms with Gasteiger partial charge in [0.2, 0.25) is 0 Å². The first-order valence-corrected chi connectivity index (χ1v) is 6.07. The van der Waals surface area contributed by atoms with Crippen molar-refractivity contribution in [2.24, 2.45) is 0 Å². The molecule has 0 aliphatic heterocycles. The minimum Gasteiger partial charge on any atom is -0.349 e. The Morgan fingerprint density at radius 2 is 2.17 bits per heavy atom. The summed E-state index contributed by atoms with van der Waals surface area (Å²) in [6, 6.07) is 3.13. The molecule has 0 aliphatic carbocycles. The Hall–Kier alpha value is -1.43. The first-order valence-electron chi connectivity index (χ1n) is 6.07. The summed E-state index contributed by atoms with van der Waals surface area (Å²) < 4.78 is 25.8. The lowest BCUT2D eigenvalue weighted by atomic mass is 10.4. The van der Waals surface area contributed by atoms with Crippen LogP contribution >= 0.6 is 0 Å². The van der Waals surface area contributed by atoms with Crippen molar-refractivity contribution in [2.75, 3.05) is 19.6 Å². The van der Waals surface area contributed by atoms with E-state index in [2.05, 4.69) is 17.6 Å². The van der Waals surface area contributed by atoms with Gasteiger partial charge in [0.25, 0.3) is 12.3 Å². The molecule has 0 aliphatic rings. The summed E-state index contributed by atoms with van der Waals surface area (Å²) in [6.45, 7) is 3.66. The summed E-state index contributed by atoms with van der Waals surface area (Å²) in [5.41, 5.74) is 0.269. The summed E-state index contributed by atoms with van der Waals surface area (Å²) in [6.07, 6.45) is 0.0527. The molecule has 1 aromatic heterocycles. The molecule has 0 fully saturated rings. The minimum atomic E-state index is -2.46. The van der Waals surface area contributed by atoms with Crippen LogP contribution in [0.1, 0.15) is 23.8 Å². The third-order valence-corrected chi connectivity index (χ3v) is 2.41. The molecule has 0 saturated heterocycles. The van der Waals surface area contributed by atoms with Crippen molar-refractivity contribution in [3.05, 3.63) is 24.0 Å². The van der Waals surface area contributed by atoms with Crippen LogP contribution in [0.25, 0.3) is 0 Å². The maximum absolute atomic E-state index is 12.3. The van der Waals surface area contributed by atoms with E-state index in [4.69, 9.17) is 0 Å². The van der Waals surface area contributed by atoms with E-state index in [1.165, 1.54) is 16.8 Å². The van der Waals surface area contributed by atoms with Gasteiger partial charge in [-0.15, -0.1) is 0 Å². The van der Waals surface area contributed by atoms with Crippen LogP contribution in [0.4, 0.5) is 8.78 Å². The molecule has 1 rings (SSSR count). The zero-order chi connectivity index (χ0) is 13.4. The van der Waals surface area contributed by atoms with Gasteiger partial charge in [0, 0.05) is 19.3 Å². The summed E-state index contributed by atoms with van der Waals surface area (Å²) in [5.74, 6) is -0.320. The van der Waals surface area contributed by atoms with Crippen molar-refractivity contribution >= 4 is 5.91 Å². The highest BCUT2D eigenvalue weighted by Gasteiger charge is 2.12. The zero-order valence-electron chi connectivity index (χ0n) is 10.5. The minimum absolute atomic E-state index is 0.269. The highest BCUT2D eigenvalue weighted by Crippen LogP contribution is 2.06. The standard InChI is InChI=1S/C12H19F2N3O/c1-2-5-15-6-7-16-12(18)10-4-3-8-17(10)9-11(13)14/h3-4,8,11,15H,2,5-7,9H2,1H3,(H,16,18). The number of amides is 1. The number of hydrogen-bond acceptors (Lipinski definition) is 2. The van der Waals surface area contributed by atoms with Crippen LogP contribution < -0.4 is 10.6 Å². The Bertz CT molecular complexity index is 366. The van der Waals surface area contributed by atoms with Gasteiger partial charge in [-0.2, -0.15) is 0 Å². The van der Waals surface area contributed by atoms with Gasteiger partial charge in [0.05, 0.1) is 6.54 Å². The molecule has 0 atom stereocenters. The van der Waals surface area contributed by atoms with Crippen molar-refractivity contribution in [3.63, 3.8) is 0 Å². The number of aromatic nitrogens is 1. The fourth-order valence-electron chi connectivity index (χ4n) is 1.58. The van der Waals surface area contributed by atoms with Gasteiger partial charge in [0.1, 0.15) is 5.69 Å². The summed E-state index contributed by atoms with van der Waals surface area (Å²) in [7, 11) is 0. The van der Waals surface area contributed by atoms with Crippen molar-refractivity contribution in [1.82, 2.24) is 15.2 Å². The van der Waals surface area contributed by atoms with Crippen LogP contribution in [-0.4, -0.2) is 36.5 Å². The number of carbonyl (C=O) groups is 1. The zero-order valence-corrected chi connectivity index (χ0v) is 10.5. The maximum atomic E-state index is 12.3. The summed E-state index contributed by atoms with van der Waals surface area (Å²) in [4.78, 5) is 11.7. The second kappa shape index (κ2) is 7.81. The molecule has 0 spiro atoms. The van der Waals surface area contributed by atoms with Crippen LogP contribution in [0.15, 0.2) is 18.3 Å². The van der Waals surface area contributed by atoms with E-state index in [1.54, 1.807) is 6.07 Å². The molecule has 0 bridgehead atoms. The Morgan fingerprint density at radius 1 is 1.39 bits per heavy atom. The average Bonchev–Trinajstić information content (AvgIpc) is 2.76. The summed E-state index contributed by atoms with van der Waals surface area (Å²) >= 11 is 0. The van der Waals surface area contributed by atoms with Gasteiger partial charge >= 0.3 is 0 Å². The highest BCUT2D eigenvalue weighted by atomic mass is 19.3. The van der Waals surface area contributed by atoms with E-state index < -0.39 is 13.0 Å².